The zero-order valence-corrected chi connectivity index (χ0v) is 16.1. The van der Waals surface area contributed by atoms with Crippen molar-refractivity contribution in [3.05, 3.63) is 77.6 Å². The molecule has 1 aromatic heterocycles. The summed E-state index contributed by atoms with van der Waals surface area (Å²) in [6.45, 7) is 0.917. The number of rotatable bonds is 3. The lowest BCUT2D eigenvalue weighted by molar-refractivity contribution is -0.689. The largest absolute Gasteiger partial charge is 0.369 e. The van der Waals surface area contributed by atoms with Crippen molar-refractivity contribution in [3.8, 4) is 0 Å². The van der Waals surface area contributed by atoms with Crippen LogP contribution < -0.4 is 4.57 Å². The lowest BCUT2D eigenvalue weighted by Gasteiger charge is -2.47. The molecule has 2 aromatic rings. The topological polar surface area (TPSA) is 13.1 Å². The van der Waals surface area contributed by atoms with Gasteiger partial charge in [-0.05, 0) is 38.2 Å². The summed E-state index contributed by atoms with van der Waals surface area (Å²) in [5, 5.41) is 0. The molecule has 1 saturated heterocycles. The van der Waals surface area contributed by atoms with E-state index >= 15 is 0 Å². The molecule has 27 heavy (non-hydrogen) atoms. The zero-order chi connectivity index (χ0) is 18.1. The van der Waals surface area contributed by atoms with Crippen LogP contribution in [0.3, 0.4) is 0 Å². The maximum Gasteiger partial charge on any atom is 0.174 e. The number of allylic oxidation sites excluding steroid dienone is 1. The van der Waals surface area contributed by atoms with Crippen molar-refractivity contribution in [1.29, 1.82) is 0 Å². The van der Waals surface area contributed by atoms with Gasteiger partial charge >= 0.3 is 0 Å². The Morgan fingerprint density at radius 3 is 2.67 bits per heavy atom. The van der Waals surface area contributed by atoms with Gasteiger partial charge in [0.1, 0.15) is 0 Å². The van der Waals surface area contributed by atoms with Crippen LogP contribution in [-0.2, 0) is 11.3 Å². The predicted octanol–water partition coefficient (Wildman–Crippen LogP) is 5.38. The van der Waals surface area contributed by atoms with Crippen LogP contribution in [0.5, 0.6) is 0 Å². The fraction of sp³-hybridized carbons (Fsp3) is 0.480. The first-order valence-corrected chi connectivity index (χ1v) is 10.8. The zero-order valence-electron chi connectivity index (χ0n) is 16.1. The molecule has 1 aliphatic heterocycles. The molecule has 2 aliphatic carbocycles. The number of fused-ring (bicyclic) bond motifs is 3. The van der Waals surface area contributed by atoms with Crippen molar-refractivity contribution in [2.45, 2.75) is 63.7 Å². The van der Waals surface area contributed by atoms with Crippen molar-refractivity contribution >= 4 is 0 Å². The van der Waals surface area contributed by atoms with Crippen LogP contribution in [-0.4, -0.2) is 6.10 Å². The molecule has 1 aromatic carbocycles. The molecule has 2 nitrogen and oxygen atoms in total. The molecule has 2 heteroatoms. The first kappa shape index (κ1) is 17.2. The van der Waals surface area contributed by atoms with Gasteiger partial charge in [-0.2, -0.15) is 0 Å². The average Bonchev–Trinajstić information content (AvgIpc) is 2.74. The Kier molecular flexibility index (Phi) is 4.83. The van der Waals surface area contributed by atoms with E-state index < -0.39 is 0 Å². The summed E-state index contributed by atoms with van der Waals surface area (Å²) >= 11 is 0. The number of hydrogen-bond acceptors (Lipinski definition) is 1. The quantitative estimate of drug-likeness (QED) is 0.529. The molecule has 4 atom stereocenters. The second kappa shape index (κ2) is 7.59. The number of ether oxygens (including phenoxy) is 1. The Morgan fingerprint density at radius 2 is 1.74 bits per heavy atom. The highest BCUT2D eigenvalue weighted by molar-refractivity contribution is 5.25. The van der Waals surface area contributed by atoms with Gasteiger partial charge in [0.2, 0.25) is 0 Å². The first-order chi connectivity index (χ1) is 13.4. The summed E-state index contributed by atoms with van der Waals surface area (Å²) in [4.78, 5) is 0. The summed E-state index contributed by atoms with van der Waals surface area (Å²) in [5.41, 5.74) is 4.44. The molecule has 0 spiro atoms. The lowest BCUT2D eigenvalue weighted by atomic mass is 9.68. The molecule has 2 fully saturated rings. The van der Waals surface area contributed by atoms with E-state index in [1.54, 1.807) is 5.57 Å². The Hall–Kier alpha value is -1.93. The van der Waals surface area contributed by atoms with Gasteiger partial charge in [0.05, 0.1) is 12.2 Å². The van der Waals surface area contributed by atoms with Gasteiger partial charge in [0.15, 0.2) is 18.9 Å². The monoisotopic (exact) mass is 360 g/mol. The number of pyridine rings is 1. The third-order valence-corrected chi connectivity index (χ3v) is 6.76. The van der Waals surface area contributed by atoms with Gasteiger partial charge in [-0.15, -0.1) is 0 Å². The number of nitrogens with zero attached hydrogens (tertiary/aromatic N) is 1. The third kappa shape index (κ3) is 3.48. The molecule has 0 amide bonds. The highest BCUT2D eigenvalue weighted by atomic mass is 16.5. The smallest absolute Gasteiger partial charge is 0.174 e. The molecule has 2 heterocycles. The molecule has 1 saturated carbocycles. The fourth-order valence-corrected chi connectivity index (χ4v) is 5.52. The van der Waals surface area contributed by atoms with E-state index in [4.69, 9.17) is 4.74 Å². The summed E-state index contributed by atoms with van der Waals surface area (Å²) in [6, 6.07) is 15.2. The SMILES string of the molecule is C1=C2[C@@H](CCC1)[C@@H](c1ccc[n+](Cc3ccccc3)c1)O[C@@H]1CCCC[C@@H]21. The van der Waals surface area contributed by atoms with Gasteiger partial charge in [0, 0.05) is 29.0 Å². The fourth-order valence-electron chi connectivity index (χ4n) is 5.52. The molecule has 140 valence electrons. The Morgan fingerprint density at radius 1 is 0.889 bits per heavy atom. The average molecular weight is 361 g/mol. The van der Waals surface area contributed by atoms with Crippen LogP contribution in [0.4, 0.5) is 0 Å². The lowest BCUT2D eigenvalue weighted by Crippen LogP contribution is -2.42. The van der Waals surface area contributed by atoms with Crippen LogP contribution >= 0.6 is 0 Å². The first-order valence-electron chi connectivity index (χ1n) is 10.8. The van der Waals surface area contributed by atoms with Crippen LogP contribution in [0.25, 0.3) is 0 Å². The summed E-state index contributed by atoms with van der Waals surface area (Å²) in [5.74, 6) is 1.28. The van der Waals surface area contributed by atoms with E-state index in [-0.39, 0.29) is 6.10 Å². The molecule has 0 unspecified atom stereocenters. The van der Waals surface area contributed by atoms with Crippen molar-refractivity contribution in [2.24, 2.45) is 11.8 Å². The second-order valence-electron chi connectivity index (χ2n) is 8.52. The van der Waals surface area contributed by atoms with Crippen LogP contribution in [0.15, 0.2) is 66.5 Å². The molecule has 5 rings (SSSR count). The molecule has 0 N–H and O–H groups in total. The van der Waals surface area contributed by atoms with Crippen molar-refractivity contribution < 1.29 is 9.30 Å². The van der Waals surface area contributed by atoms with Gasteiger partial charge in [-0.1, -0.05) is 54.8 Å². The number of hydrogen-bond donors (Lipinski definition) is 0. The van der Waals surface area contributed by atoms with E-state index in [1.165, 1.54) is 56.1 Å². The van der Waals surface area contributed by atoms with E-state index in [9.17, 15) is 0 Å². The van der Waals surface area contributed by atoms with Crippen LogP contribution in [0, 0.1) is 11.8 Å². The molecular weight excluding hydrogens is 330 g/mol. The van der Waals surface area contributed by atoms with E-state index in [2.05, 4.69) is 65.5 Å². The van der Waals surface area contributed by atoms with Gasteiger partial charge < -0.3 is 4.74 Å². The minimum atomic E-state index is 0.235. The normalized spacial score (nSPS) is 30.1. The van der Waals surface area contributed by atoms with Gasteiger partial charge in [0.25, 0.3) is 0 Å². The maximum absolute atomic E-state index is 6.80. The minimum absolute atomic E-state index is 0.235. The standard InChI is InChI=1S/C25H30NO/c1-2-9-19(10-3-1)17-26-16-8-11-20(18-26)25-23-14-5-4-12-21(23)22-13-6-7-15-24(22)27-25/h1-3,8-12,16,18,22-25H,4-7,13-15,17H2/q+1/t22-,23+,24+,25+/m0/s1. The molecule has 0 bridgehead atoms. The Balaban J connectivity index is 1.44. The maximum atomic E-state index is 6.80. The number of benzene rings is 1. The minimum Gasteiger partial charge on any atom is -0.369 e. The van der Waals surface area contributed by atoms with E-state index in [0.29, 0.717) is 17.9 Å². The van der Waals surface area contributed by atoms with Gasteiger partial charge in [-0.25, -0.2) is 4.57 Å². The summed E-state index contributed by atoms with van der Waals surface area (Å²) < 4.78 is 9.11. The Labute approximate surface area is 162 Å². The molecule has 0 radical (unpaired) electrons. The Bertz CT molecular complexity index is 812. The highest BCUT2D eigenvalue weighted by Gasteiger charge is 2.44. The van der Waals surface area contributed by atoms with Crippen LogP contribution in [0.2, 0.25) is 0 Å². The summed E-state index contributed by atoms with van der Waals surface area (Å²) in [7, 11) is 0. The highest BCUT2D eigenvalue weighted by Crippen LogP contribution is 2.50. The van der Waals surface area contributed by atoms with Crippen molar-refractivity contribution in [1.82, 2.24) is 0 Å². The number of aromatic nitrogens is 1. The van der Waals surface area contributed by atoms with Crippen molar-refractivity contribution in [3.63, 3.8) is 0 Å². The van der Waals surface area contributed by atoms with E-state index in [0.717, 1.165) is 6.54 Å². The van der Waals surface area contributed by atoms with E-state index in [1.807, 2.05) is 0 Å². The second-order valence-corrected chi connectivity index (χ2v) is 8.52. The predicted molar refractivity (Wildman–Crippen MR) is 107 cm³/mol. The molecule has 3 aliphatic rings. The van der Waals surface area contributed by atoms with Gasteiger partial charge in [-0.3, -0.25) is 0 Å². The third-order valence-electron chi connectivity index (χ3n) is 6.76. The van der Waals surface area contributed by atoms with Crippen LogP contribution in [0.1, 0.15) is 62.2 Å². The molecular formula is C25H30NO+. The van der Waals surface area contributed by atoms with Crippen molar-refractivity contribution in [2.75, 3.05) is 0 Å². The summed E-state index contributed by atoms with van der Waals surface area (Å²) in [6.07, 6.45) is 16.9.